The fraction of sp³-hybridized carbons (Fsp3) is 0.333. The van der Waals surface area contributed by atoms with Crippen molar-refractivity contribution >= 4 is 28.5 Å². The summed E-state index contributed by atoms with van der Waals surface area (Å²) in [7, 11) is 0. The van der Waals surface area contributed by atoms with Gasteiger partial charge in [-0.15, -0.1) is 0 Å². The van der Waals surface area contributed by atoms with Gasteiger partial charge in [-0.25, -0.2) is 10.9 Å². The second-order valence-electron chi connectivity index (χ2n) is 4.30. The van der Waals surface area contributed by atoms with Crippen LogP contribution >= 0.6 is 11.8 Å². The molecule has 6 nitrogen and oxygen atoms in total. The Labute approximate surface area is 115 Å². The van der Waals surface area contributed by atoms with Gasteiger partial charge in [0.15, 0.2) is 10.7 Å². The quantitative estimate of drug-likeness (QED) is 0.811. The molecule has 1 aromatic rings. The van der Waals surface area contributed by atoms with Gasteiger partial charge in [0.1, 0.15) is 6.61 Å². The second kappa shape index (κ2) is 5.60. The highest BCUT2D eigenvalue weighted by Crippen LogP contribution is 2.27. The van der Waals surface area contributed by atoms with E-state index in [1.807, 2.05) is 36.6 Å². The first-order chi connectivity index (χ1) is 9.10. The van der Waals surface area contributed by atoms with Crippen LogP contribution in [-0.2, 0) is 9.63 Å². The Morgan fingerprint density at radius 2 is 2.16 bits per heavy atom. The zero-order chi connectivity index (χ0) is 13.9. The van der Waals surface area contributed by atoms with Crippen molar-refractivity contribution in [2.24, 2.45) is 10.9 Å². The molecule has 102 valence electrons. The first-order valence-corrected chi connectivity index (χ1v) is 6.95. The summed E-state index contributed by atoms with van der Waals surface area (Å²) in [6.45, 7) is 1.74. The van der Waals surface area contributed by atoms with E-state index in [0.717, 1.165) is 5.69 Å². The number of hydrazine groups is 1. The molecule has 0 bridgehead atoms. The van der Waals surface area contributed by atoms with Gasteiger partial charge in [-0.1, -0.05) is 30.0 Å². The van der Waals surface area contributed by atoms with Crippen LogP contribution in [0.5, 0.6) is 0 Å². The predicted octanol–water partition coefficient (Wildman–Crippen LogP) is 1.22. The Bertz CT molecular complexity index is 494. The van der Waals surface area contributed by atoms with E-state index in [0.29, 0.717) is 5.17 Å². The van der Waals surface area contributed by atoms with Crippen molar-refractivity contribution in [2.75, 3.05) is 18.3 Å². The van der Waals surface area contributed by atoms with Gasteiger partial charge in [0.2, 0.25) is 0 Å². The molecule has 19 heavy (non-hydrogen) atoms. The molecule has 0 aromatic heterocycles. The summed E-state index contributed by atoms with van der Waals surface area (Å²) in [5.41, 5.74) is 2.88. The molecule has 2 rings (SSSR count). The minimum atomic E-state index is -0.977. The minimum Gasteiger partial charge on any atom is -0.302 e. The lowest BCUT2D eigenvalue weighted by Crippen LogP contribution is -2.46. The number of nitrogens with two attached hydrogens (primary N) is 1. The number of carbonyl (C=O) groups is 1. The van der Waals surface area contributed by atoms with Crippen LogP contribution in [0.1, 0.15) is 6.92 Å². The number of amides is 1. The Balaban J connectivity index is 2.22. The zero-order valence-corrected chi connectivity index (χ0v) is 11.6. The molecular weight excluding hydrogens is 264 g/mol. The van der Waals surface area contributed by atoms with Crippen molar-refractivity contribution in [1.29, 1.82) is 0 Å². The largest absolute Gasteiger partial charge is 0.302 e. The van der Waals surface area contributed by atoms with Crippen LogP contribution in [0.15, 0.2) is 35.3 Å². The molecule has 0 saturated heterocycles. The number of hydrogen-bond donors (Lipinski definition) is 2. The SMILES string of the molecule is CSC1=NC(C)(CON)C(=O)N1Nc1ccccc1. The van der Waals surface area contributed by atoms with Gasteiger partial charge in [0, 0.05) is 0 Å². The zero-order valence-electron chi connectivity index (χ0n) is 10.8. The van der Waals surface area contributed by atoms with E-state index in [-0.39, 0.29) is 12.5 Å². The minimum absolute atomic E-state index is 0.0445. The molecule has 0 fully saturated rings. The molecule has 1 aromatic carbocycles. The molecule has 3 N–H and O–H groups in total. The number of thioether (sulfide) groups is 1. The first-order valence-electron chi connectivity index (χ1n) is 5.72. The molecule has 1 unspecified atom stereocenters. The lowest BCUT2D eigenvalue weighted by molar-refractivity contribution is -0.131. The van der Waals surface area contributed by atoms with Crippen LogP contribution in [0, 0.1) is 0 Å². The van der Waals surface area contributed by atoms with E-state index >= 15 is 0 Å². The van der Waals surface area contributed by atoms with Crippen LogP contribution in [0.2, 0.25) is 0 Å². The third-order valence-electron chi connectivity index (χ3n) is 2.76. The number of hydrogen-bond acceptors (Lipinski definition) is 6. The number of para-hydroxylation sites is 1. The number of nitrogens with zero attached hydrogens (tertiary/aromatic N) is 2. The van der Waals surface area contributed by atoms with Crippen LogP contribution in [0.3, 0.4) is 0 Å². The van der Waals surface area contributed by atoms with E-state index in [2.05, 4.69) is 15.3 Å². The molecule has 7 heteroatoms. The van der Waals surface area contributed by atoms with Crippen molar-refractivity contribution in [3.8, 4) is 0 Å². The molecule has 0 spiro atoms. The van der Waals surface area contributed by atoms with Crippen molar-refractivity contribution in [3.05, 3.63) is 30.3 Å². The van der Waals surface area contributed by atoms with Gasteiger partial charge in [-0.3, -0.25) is 10.2 Å². The van der Waals surface area contributed by atoms with E-state index in [4.69, 9.17) is 5.90 Å². The topological polar surface area (TPSA) is 80.0 Å². The summed E-state index contributed by atoms with van der Waals surface area (Å²) in [6, 6.07) is 9.44. The lowest BCUT2D eigenvalue weighted by atomic mass is 10.1. The Hall–Kier alpha value is -1.57. The Morgan fingerprint density at radius 1 is 1.47 bits per heavy atom. The van der Waals surface area contributed by atoms with Gasteiger partial charge in [-0.2, -0.15) is 5.01 Å². The maximum absolute atomic E-state index is 12.4. The summed E-state index contributed by atoms with van der Waals surface area (Å²) < 4.78 is 0. The highest BCUT2D eigenvalue weighted by atomic mass is 32.2. The van der Waals surface area contributed by atoms with Crippen molar-refractivity contribution in [3.63, 3.8) is 0 Å². The van der Waals surface area contributed by atoms with Crippen molar-refractivity contribution in [1.82, 2.24) is 5.01 Å². The van der Waals surface area contributed by atoms with Crippen molar-refractivity contribution < 1.29 is 9.63 Å². The third kappa shape index (κ3) is 2.73. The van der Waals surface area contributed by atoms with Crippen molar-refractivity contribution in [2.45, 2.75) is 12.5 Å². The number of amidine groups is 1. The van der Waals surface area contributed by atoms with E-state index in [1.165, 1.54) is 16.8 Å². The number of nitrogens with one attached hydrogen (secondary N) is 1. The molecule has 1 atom stereocenters. The maximum atomic E-state index is 12.4. The predicted molar refractivity (Wildman–Crippen MR) is 76.4 cm³/mol. The normalized spacial score (nSPS) is 22.6. The summed E-state index contributed by atoms with van der Waals surface area (Å²) in [5, 5.41) is 2.02. The Morgan fingerprint density at radius 3 is 2.74 bits per heavy atom. The average Bonchev–Trinajstić information content (AvgIpc) is 2.65. The van der Waals surface area contributed by atoms with E-state index < -0.39 is 5.54 Å². The molecule has 1 aliphatic heterocycles. The third-order valence-corrected chi connectivity index (χ3v) is 3.40. The van der Waals surface area contributed by atoms with Crippen LogP contribution < -0.4 is 11.3 Å². The maximum Gasteiger partial charge on any atom is 0.277 e. The number of aliphatic imine (C=N–C) groups is 1. The molecule has 1 aliphatic rings. The summed E-state index contributed by atoms with van der Waals surface area (Å²) in [4.78, 5) is 21.4. The Kier molecular flexibility index (Phi) is 4.08. The van der Waals surface area contributed by atoms with Gasteiger partial charge >= 0.3 is 0 Å². The smallest absolute Gasteiger partial charge is 0.277 e. The second-order valence-corrected chi connectivity index (χ2v) is 5.08. The van der Waals surface area contributed by atoms with E-state index in [9.17, 15) is 4.79 Å². The van der Waals surface area contributed by atoms with Crippen LogP contribution in [0.25, 0.3) is 0 Å². The summed E-state index contributed by atoms with van der Waals surface area (Å²) >= 11 is 1.39. The van der Waals surface area contributed by atoms with Gasteiger partial charge in [0.25, 0.3) is 5.91 Å². The first kappa shape index (κ1) is 13.9. The molecule has 0 radical (unpaired) electrons. The molecule has 1 heterocycles. The fourth-order valence-electron chi connectivity index (χ4n) is 1.77. The van der Waals surface area contributed by atoms with E-state index in [1.54, 1.807) is 6.92 Å². The van der Waals surface area contributed by atoms with Crippen LogP contribution in [0.4, 0.5) is 5.69 Å². The summed E-state index contributed by atoms with van der Waals surface area (Å²) in [6.07, 6.45) is 1.86. The van der Waals surface area contributed by atoms with Gasteiger partial charge in [-0.05, 0) is 25.3 Å². The average molecular weight is 280 g/mol. The number of anilines is 1. The molecule has 0 saturated carbocycles. The molecular formula is C12H16N4O2S. The monoisotopic (exact) mass is 280 g/mol. The molecule has 0 aliphatic carbocycles. The fourth-order valence-corrected chi connectivity index (χ4v) is 2.37. The highest BCUT2D eigenvalue weighted by molar-refractivity contribution is 8.13. The number of benzene rings is 1. The number of carbonyl (C=O) groups excluding carboxylic acids is 1. The number of rotatable bonds is 4. The lowest BCUT2D eigenvalue weighted by Gasteiger charge is -2.22. The summed E-state index contributed by atoms with van der Waals surface area (Å²) in [5.74, 6) is 4.88. The van der Waals surface area contributed by atoms with Crippen LogP contribution in [-0.4, -0.2) is 34.5 Å². The standard InChI is InChI=1S/C12H16N4O2S/c1-12(8-18-13)10(17)16(11(14-12)19-2)15-9-6-4-3-5-7-9/h3-7,15H,8,13H2,1-2H3. The van der Waals surface area contributed by atoms with Gasteiger partial charge < -0.3 is 4.84 Å². The molecule has 1 amide bonds. The highest BCUT2D eigenvalue weighted by Gasteiger charge is 2.45. The van der Waals surface area contributed by atoms with Gasteiger partial charge in [0.05, 0.1) is 5.69 Å².